The molecule has 0 aliphatic rings. The second-order valence-electron chi connectivity index (χ2n) is 9.08. The largest absolute Gasteiger partial charge is 0.493 e. The number of unbranched alkanes of at least 4 members (excludes halogenated alkanes) is 2. The molecule has 4 aromatic rings. The van der Waals surface area contributed by atoms with Crippen molar-refractivity contribution < 1.29 is 14.3 Å². The Hall–Kier alpha value is -3.68. The maximum atomic E-state index is 11.9. The van der Waals surface area contributed by atoms with E-state index < -0.39 is 0 Å². The quantitative estimate of drug-likeness (QED) is 0.269. The molecule has 0 saturated heterocycles. The van der Waals surface area contributed by atoms with Crippen molar-refractivity contribution in [2.45, 2.75) is 46.0 Å². The van der Waals surface area contributed by atoms with Crippen molar-refractivity contribution in [3.63, 3.8) is 0 Å². The Balaban J connectivity index is 1.61. The summed E-state index contributed by atoms with van der Waals surface area (Å²) in [6.07, 6.45) is 4.15. The van der Waals surface area contributed by atoms with E-state index in [9.17, 15) is 4.79 Å². The predicted molar refractivity (Wildman–Crippen MR) is 138 cm³/mol. The van der Waals surface area contributed by atoms with Crippen molar-refractivity contribution in [1.82, 2.24) is 19.6 Å². The van der Waals surface area contributed by atoms with Gasteiger partial charge in [0, 0.05) is 37.1 Å². The third kappa shape index (κ3) is 5.53. The van der Waals surface area contributed by atoms with E-state index >= 15 is 0 Å². The number of nitrogens with zero attached hydrogens (tertiary/aromatic N) is 4. The minimum Gasteiger partial charge on any atom is -0.493 e. The van der Waals surface area contributed by atoms with Crippen LogP contribution in [0.4, 0.5) is 5.82 Å². The number of fused-ring (bicyclic) bond motifs is 3. The summed E-state index contributed by atoms with van der Waals surface area (Å²) < 4.78 is 13.1. The molecule has 2 heterocycles. The van der Waals surface area contributed by atoms with Gasteiger partial charge in [-0.1, -0.05) is 50.6 Å². The Morgan fingerprint density at radius 1 is 1.00 bits per heavy atom. The first-order chi connectivity index (χ1) is 17.0. The Morgan fingerprint density at radius 2 is 1.74 bits per heavy atom. The summed E-state index contributed by atoms with van der Waals surface area (Å²) in [5.41, 5.74) is 3.18. The van der Waals surface area contributed by atoms with E-state index in [0.717, 1.165) is 48.2 Å². The van der Waals surface area contributed by atoms with Crippen molar-refractivity contribution in [3.8, 4) is 22.9 Å². The average molecular weight is 476 g/mol. The highest BCUT2D eigenvalue weighted by atomic mass is 16.5. The molecule has 4 rings (SSSR count). The minimum absolute atomic E-state index is 0.354. The molecule has 0 bridgehead atoms. The number of benzene rings is 2. The molecular weight excluding hydrogens is 442 g/mol. The van der Waals surface area contributed by atoms with E-state index in [1.807, 2.05) is 46.9 Å². The zero-order valence-electron chi connectivity index (χ0n) is 20.9. The monoisotopic (exact) mass is 475 g/mol. The molecule has 0 amide bonds. The van der Waals surface area contributed by atoms with Gasteiger partial charge in [0.2, 0.25) is 5.65 Å². The summed E-state index contributed by atoms with van der Waals surface area (Å²) in [6, 6.07) is 13.7. The first-order valence-electron chi connectivity index (χ1n) is 12.1. The summed E-state index contributed by atoms with van der Waals surface area (Å²) in [5, 5.41) is 12.4. The third-order valence-electron chi connectivity index (χ3n) is 5.92. The van der Waals surface area contributed by atoms with Crippen LogP contribution in [0.1, 0.15) is 46.0 Å². The molecule has 8 nitrogen and oxygen atoms in total. The van der Waals surface area contributed by atoms with Crippen LogP contribution in [0.15, 0.2) is 42.5 Å². The lowest BCUT2D eigenvalue weighted by molar-refractivity contribution is -0.119. The van der Waals surface area contributed by atoms with Gasteiger partial charge < -0.3 is 14.8 Å². The van der Waals surface area contributed by atoms with Crippen molar-refractivity contribution in [3.05, 3.63) is 42.5 Å². The van der Waals surface area contributed by atoms with Crippen molar-refractivity contribution in [1.29, 1.82) is 0 Å². The topological polar surface area (TPSA) is 90.6 Å². The zero-order chi connectivity index (χ0) is 24.8. The molecule has 0 fully saturated rings. The fourth-order valence-electron chi connectivity index (χ4n) is 4.24. The Morgan fingerprint density at radius 3 is 2.46 bits per heavy atom. The number of carbonyl (C=O) groups is 1. The van der Waals surface area contributed by atoms with E-state index in [1.54, 1.807) is 14.2 Å². The smallest absolute Gasteiger partial charge is 0.204 e. The highest BCUT2D eigenvalue weighted by molar-refractivity contribution is 5.87. The van der Waals surface area contributed by atoms with Crippen LogP contribution in [0, 0.1) is 5.92 Å². The highest BCUT2D eigenvalue weighted by Crippen LogP contribution is 2.34. The normalized spacial score (nSPS) is 11.3. The van der Waals surface area contributed by atoms with Gasteiger partial charge >= 0.3 is 0 Å². The molecule has 0 atom stereocenters. The van der Waals surface area contributed by atoms with Crippen LogP contribution < -0.4 is 14.8 Å². The number of hydrogen-bond donors (Lipinski definition) is 1. The number of ether oxygens (including phenoxy) is 2. The number of ketones is 1. The van der Waals surface area contributed by atoms with Gasteiger partial charge in [-0.2, -0.15) is 0 Å². The number of nitrogens with one attached hydrogen (secondary N) is 1. The second-order valence-corrected chi connectivity index (χ2v) is 9.08. The number of methoxy groups -OCH3 is 2. The molecule has 0 aliphatic heterocycles. The number of rotatable bonds is 12. The highest BCUT2D eigenvalue weighted by Gasteiger charge is 2.18. The molecule has 35 heavy (non-hydrogen) atoms. The SMILES string of the molecule is COc1cc2nc(NCCCCCC(=O)CC(C)C)c3nnc(-c4ccccc4)n3c2cc1OC. The molecule has 0 aliphatic carbocycles. The summed E-state index contributed by atoms with van der Waals surface area (Å²) in [4.78, 5) is 16.8. The third-order valence-corrected chi connectivity index (χ3v) is 5.92. The summed E-state index contributed by atoms with van der Waals surface area (Å²) >= 11 is 0. The van der Waals surface area contributed by atoms with Gasteiger partial charge in [0.15, 0.2) is 23.1 Å². The molecule has 0 spiro atoms. The molecule has 2 aromatic heterocycles. The maximum absolute atomic E-state index is 11.9. The fourth-order valence-corrected chi connectivity index (χ4v) is 4.24. The van der Waals surface area contributed by atoms with Crippen LogP contribution in [-0.4, -0.2) is 46.1 Å². The van der Waals surface area contributed by atoms with E-state index in [1.165, 1.54) is 0 Å². The lowest BCUT2D eigenvalue weighted by atomic mass is 10.0. The molecule has 1 N–H and O–H groups in total. The number of aromatic nitrogens is 4. The fraction of sp³-hybridized carbons (Fsp3) is 0.407. The van der Waals surface area contributed by atoms with Crippen LogP contribution in [0.25, 0.3) is 28.1 Å². The summed E-state index contributed by atoms with van der Waals surface area (Å²) in [7, 11) is 3.23. The molecular formula is C27H33N5O3. The van der Waals surface area contributed by atoms with Crippen molar-refractivity contribution >= 4 is 28.3 Å². The maximum Gasteiger partial charge on any atom is 0.204 e. The van der Waals surface area contributed by atoms with E-state index in [0.29, 0.717) is 47.5 Å². The van der Waals surface area contributed by atoms with Gasteiger partial charge in [0.25, 0.3) is 0 Å². The molecule has 0 saturated carbocycles. The van der Waals surface area contributed by atoms with E-state index in [4.69, 9.17) is 14.5 Å². The van der Waals surface area contributed by atoms with Crippen LogP contribution in [-0.2, 0) is 4.79 Å². The van der Waals surface area contributed by atoms with E-state index in [-0.39, 0.29) is 0 Å². The molecule has 0 radical (unpaired) electrons. The van der Waals surface area contributed by atoms with Crippen LogP contribution >= 0.6 is 0 Å². The first kappa shape index (κ1) is 24.4. The number of anilines is 1. The van der Waals surface area contributed by atoms with Crippen molar-refractivity contribution in [2.24, 2.45) is 5.92 Å². The van der Waals surface area contributed by atoms with Gasteiger partial charge in [0.05, 0.1) is 25.3 Å². The lowest BCUT2D eigenvalue weighted by Gasteiger charge is -2.13. The second kappa shape index (κ2) is 11.2. The summed E-state index contributed by atoms with van der Waals surface area (Å²) in [5.74, 6) is 3.39. The van der Waals surface area contributed by atoms with Crippen LogP contribution in [0.3, 0.4) is 0 Å². The standard InChI is InChI=1S/C27H33N5O3/c1-18(2)15-20(33)13-9-6-10-14-28-25-27-31-30-26(19-11-7-5-8-12-19)32(27)22-17-24(35-4)23(34-3)16-21(22)29-25/h5,7-8,11-12,16-18H,6,9-10,13-15H2,1-4H3,(H,28,29). The Labute approximate surface area is 205 Å². The Bertz CT molecular complexity index is 1300. The zero-order valence-corrected chi connectivity index (χ0v) is 20.9. The average Bonchev–Trinajstić information content (AvgIpc) is 3.31. The minimum atomic E-state index is 0.354. The molecule has 0 unspecified atom stereocenters. The first-order valence-corrected chi connectivity index (χ1v) is 12.1. The van der Waals surface area contributed by atoms with Gasteiger partial charge in [-0.3, -0.25) is 9.20 Å². The predicted octanol–water partition coefficient (Wildman–Crippen LogP) is 5.55. The van der Waals surface area contributed by atoms with E-state index in [2.05, 4.69) is 29.4 Å². The molecule has 2 aromatic carbocycles. The van der Waals surface area contributed by atoms with Gasteiger partial charge in [-0.05, 0) is 18.8 Å². The van der Waals surface area contributed by atoms with Gasteiger partial charge in [0.1, 0.15) is 5.78 Å². The van der Waals surface area contributed by atoms with Crippen LogP contribution in [0.5, 0.6) is 11.5 Å². The molecule has 8 heteroatoms. The summed E-state index contributed by atoms with van der Waals surface area (Å²) in [6.45, 7) is 4.89. The number of hydrogen-bond acceptors (Lipinski definition) is 7. The lowest BCUT2D eigenvalue weighted by Crippen LogP contribution is -2.08. The number of carbonyl (C=O) groups excluding carboxylic acids is 1. The Kier molecular flexibility index (Phi) is 7.80. The van der Waals surface area contributed by atoms with Gasteiger partial charge in [-0.15, -0.1) is 10.2 Å². The number of Topliss-reactive ketones (excluding diaryl/α,β-unsaturated/α-hetero) is 1. The van der Waals surface area contributed by atoms with Gasteiger partial charge in [-0.25, -0.2) is 4.98 Å². The molecule has 184 valence electrons. The van der Waals surface area contributed by atoms with Crippen molar-refractivity contribution in [2.75, 3.05) is 26.1 Å². The van der Waals surface area contributed by atoms with Crippen LogP contribution in [0.2, 0.25) is 0 Å².